The number of hydrogen-bond donors (Lipinski definition) is 1. The minimum atomic E-state index is -0.0211. The fourth-order valence-electron chi connectivity index (χ4n) is 4.42. The summed E-state index contributed by atoms with van der Waals surface area (Å²) in [7, 11) is 2.11. The van der Waals surface area contributed by atoms with Crippen molar-refractivity contribution >= 4 is 23.0 Å². The predicted molar refractivity (Wildman–Crippen MR) is 85.0 cm³/mol. The molecule has 1 aromatic carbocycles. The Balaban J connectivity index is 1.75. The largest absolute Gasteiger partial charge is 0.361 e. The summed E-state index contributed by atoms with van der Waals surface area (Å²) in [5.74, 6) is 0.450. The molecule has 2 aliphatic rings. The Morgan fingerprint density at radius 1 is 1.45 bits per heavy atom. The molecular formula is C18H20N2O2. The van der Waals surface area contributed by atoms with E-state index in [2.05, 4.69) is 41.3 Å². The van der Waals surface area contributed by atoms with E-state index in [0.29, 0.717) is 12.0 Å². The summed E-state index contributed by atoms with van der Waals surface area (Å²) in [6.07, 6.45) is 4.82. The summed E-state index contributed by atoms with van der Waals surface area (Å²) in [4.78, 5) is 28.5. The zero-order valence-electron chi connectivity index (χ0n) is 12.7. The molecule has 0 saturated carbocycles. The first kappa shape index (κ1) is 13.7. The minimum absolute atomic E-state index is 0.0211. The number of benzene rings is 1. The highest BCUT2D eigenvalue weighted by Crippen LogP contribution is 2.44. The van der Waals surface area contributed by atoms with Crippen molar-refractivity contribution in [3.63, 3.8) is 0 Å². The quantitative estimate of drug-likeness (QED) is 0.698. The number of ketones is 1. The molecule has 0 bridgehead atoms. The van der Waals surface area contributed by atoms with Gasteiger partial charge < -0.3 is 14.7 Å². The van der Waals surface area contributed by atoms with E-state index in [0.717, 1.165) is 25.7 Å². The molecule has 4 heteroatoms. The lowest BCUT2D eigenvalue weighted by molar-refractivity contribution is -0.127. The second kappa shape index (κ2) is 5.06. The molecular weight excluding hydrogens is 276 g/mol. The number of nitrogens with zero attached hydrogens (tertiary/aromatic N) is 1. The van der Waals surface area contributed by atoms with E-state index in [9.17, 15) is 9.59 Å². The third-order valence-electron chi connectivity index (χ3n) is 5.47. The Morgan fingerprint density at radius 2 is 2.32 bits per heavy atom. The number of likely N-dealkylation sites (tertiary alicyclic amines) is 1. The van der Waals surface area contributed by atoms with Crippen LogP contribution < -0.4 is 0 Å². The number of likely N-dealkylation sites (N-methyl/N-ethyl adjacent to an activating group) is 1. The van der Waals surface area contributed by atoms with Crippen LogP contribution in [0.15, 0.2) is 24.4 Å². The van der Waals surface area contributed by atoms with Crippen LogP contribution in [0.3, 0.4) is 0 Å². The molecule has 4 nitrogen and oxygen atoms in total. The maximum absolute atomic E-state index is 12.2. The lowest BCUT2D eigenvalue weighted by Crippen LogP contribution is -2.49. The van der Waals surface area contributed by atoms with Gasteiger partial charge in [0.25, 0.3) is 0 Å². The third kappa shape index (κ3) is 1.94. The number of Topliss-reactive ketones (excluding diaryl/α,β-unsaturated/α-hetero) is 1. The molecule has 0 amide bonds. The number of hydrogen-bond acceptors (Lipinski definition) is 3. The van der Waals surface area contributed by atoms with Crippen molar-refractivity contribution in [2.24, 2.45) is 5.92 Å². The van der Waals surface area contributed by atoms with Gasteiger partial charge in [-0.15, -0.1) is 0 Å². The topological polar surface area (TPSA) is 53.2 Å². The molecule has 1 saturated heterocycles. The molecule has 3 atom stereocenters. The highest BCUT2D eigenvalue weighted by molar-refractivity contribution is 5.92. The van der Waals surface area contributed by atoms with E-state index in [1.165, 1.54) is 22.0 Å². The summed E-state index contributed by atoms with van der Waals surface area (Å²) >= 11 is 0. The monoisotopic (exact) mass is 296 g/mol. The normalized spacial score (nSPS) is 27.6. The average molecular weight is 296 g/mol. The standard InChI is InChI=1S/C18H20N2O2/c1-20-10-12(17(22)5-6-21)7-14-13-3-2-4-15-18(13)11(9-19-15)8-16(14)20/h2-4,6,9,12,14,16,19H,5,7-8,10H2,1H3/t12-,14?,16-/m1/s1. The summed E-state index contributed by atoms with van der Waals surface area (Å²) in [6.45, 7) is 0.767. The fraction of sp³-hybridized carbons (Fsp3) is 0.444. The maximum Gasteiger partial charge on any atom is 0.144 e. The molecule has 4 rings (SSSR count). The van der Waals surface area contributed by atoms with Gasteiger partial charge in [-0.05, 0) is 37.1 Å². The van der Waals surface area contributed by atoms with Crippen molar-refractivity contribution in [1.82, 2.24) is 9.88 Å². The van der Waals surface area contributed by atoms with Gasteiger partial charge in [-0.2, -0.15) is 0 Å². The zero-order chi connectivity index (χ0) is 15.3. The van der Waals surface area contributed by atoms with E-state index in [1.807, 2.05) is 0 Å². The van der Waals surface area contributed by atoms with Gasteiger partial charge in [0.15, 0.2) is 0 Å². The van der Waals surface area contributed by atoms with Crippen molar-refractivity contribution in [1.29, 1.82) is 0 Å². The third-order valence-corrected chi connectivity index (χ3v) is 5.47. The lowest BCUT2D eigenvalue weighted by atomic mass is 9.71. The highest BCUT2D eigenvalue weighted by Gasteiger charge is 2.40. The van der Waals surface area contributed by atoms with Crippen molar-refractivity contribution in [2.45, 2.75) is 31.2 Å². The molecule has 1 aliphatic heterocycles. The van der Waals surface area contributed by atoms with E-state index >= 15 is 0 Å². The molecule has 22 heavy (non-hydrogen) atoms. The molecule has 1 unspecified atom stereocenters. The fourth-order valence-corrected chi connectivity index (χ4v) is 4.42. The number of aromatic nitrogens is 1. The first-order valence-electron chi connectivity index (χ1n) is 7.94. The summed E-state index contributed by atoms with van der Waals surface area (Å²) in [5.41, 5.74) is 3.94. The van der Waals surface area contributed by atoms with Crippen LogP contribution in [0.4, 0.5) is 0 Å². The Morgan fingerprint density at radius 3 is 3.14 bits per heavy atom. The number of H-pyrrole nitrogens is 1. The zero-order valence-corrected chi connectivity index (χ0v) is 12.7. The SMILES string of the molecule is CN1C[C@H](C(=O)CC=O)CC2c3cccc4[nH]cc(c34)C[C@H]21. The molecule has 1 aliphatic carbocycles. The van der Waals surface area contributed by atoms with Gasteiger partial charge in [0.1, 0.15) is 12.1 Å². The van der Waals surface area contributed by atoms with Crippen molar-refractivity contribution < 1.29 is 9.59 Å². The molecule has 0 radical (unpaired) electrons. The summed E-state index contributed by atoms with van der Waals surface area (Å²) in [5, 5.41) is 1.35. The molecule has 2 aromatic rings. The first-order chi connectivity index (χ1) is 10.7. The number of carbonyl (C=O) groups is 2. The van der Waals surface area contributed by atoms with E-state index in [1.54, 1.807) is 0 Å². The molecule has 1 fully saturated rings. The van der Waals surface area contributed by atoms with E-state index in [4.69, 9.17) is 0 Å². The van der Waals surface area contributed by atoms with Crippen LogP contribution in [0.1, 0.15) is 29.9 Å². The van der Waals surface area contributed by atoms with Gasteiger partial charge in [-0.1, -0.05) is 12.1 Å². The van der Waals surface area contributed by atoms with E-state index < -0.39 is 0 Å². The Kier molecular flexibility index (Phi) is 3.15. The first-order valence-corrected chi connectivity index (χ1v) is 7.94. The second-order valence-electron chi connectivity index (χ2n) is 6.67. The smallest absolute Gasteiger partial charge is 0.144 e. The van der Waals surface area contributed by atoms with Crippen LogP contribution in [0.25, 0.3) is 10.9 Å². The van der Waals surface area contributed by atoms with Gasteiger partial charge in [0.2, 0.25) is 0 Å². The van der Waals surface area contributed by atoms with Crippen molar-refractivity contribution in [3.05, 3.63) is 35.5 Å². The number of fused-ring (bicyclic) bond motifs is 2. The van der Waals surface area contributed by atoms with Crippen molar-refractivity contribution in [3.8, 4) is 0 Å². The van der Waals surface area contributed by atoms with Crippen LogP contribution in [-0.2, 0) is 16.0 Å². The Hall–Kier alpha value is -1.94. The van der Waals surface area contributed by atoms with Gasteiger partial charge in [-0.25, -0.2) is 0 Å². The van der Waals surface area contributed by atoms with Crippen LogP contribution in [0.5, 0.6) is 0 Å². The number of carbonyl (C=O) groups excluding carboxylic acids is 2. The Labute approximate surface area is 129 Å². The van der Waals surface area contributed by atoms with Gasteiger partial charge in [0.05, 0.1) is 6.42 Å². The number of aldehydes is 1. The molecule has 1 aromatic heterocycles. The summed E-state index contributed by atoms with van der Waals surface area (Å²) < 4.78 is 0. The minimum Gasteiger partial charge on any atom is -0.361 e. The van der Waals surface area contributed by atoms with Gasteiger partial charge >= 0.3 is 0 Å². The molecule has 114 valence electrons. The highest BCUT2D eigenvalue weighted by atomic mass is 16.1. The van der Waals surface area contributed by atoms with Gasteiger partial charge in [-0.3, -0.25) is 4.79 Å². The van der Waals surface area contributed by atoms with Crippen LogP contribution in [0, 0.1) is 5.92 Å². The second-order valence-corrected chi connectivity index (χ2v) is 6.67. The molecule has 1 N–H and O–H groups in total. The Bertz CT molecular complexity index is 749. The number of rotatable bonds is 3. The van der Waals surface area contributed by atoms with Crippen LogP contribution >= 0.6 is 0 Å². The maximum atomic E-state index is 12.2. The summed E-state index contributed by atoms with van der Waals surface area (Å²) in [6, 6.07) is 6.87. The molecule has 0 spiro atoms. The van der Waals surface area contributed by atoms with Crippen LogP contribution in [0.2, 0.25) is 0 Å². The number of nitrogens with one attached hydrogen (secondary N) is 1. The van der Waals surface area contributed by atoms with E-state index in [-0.39, 0.29) is 18.1 Å². The molecule has 2 heterocycles. The van der Waals surface area contributed by atoms with Crippen molar-refractivity contribution in [2.75, 3.05) is 13.6 Å². The van der Waals surface area contributed by atoms with Crippen LogP contribution in [-0.4, -0.2) is 41.6 Å². The predicted octanol–water partition coefficient (Wildman–Crippen LogP) is 2.29. The number of aromatic amines is 1. The number of piperidine rings is 1. The van der Waals surface area contributed by atoms with Gasteiger partial charge in [0, 0.05) is 41.5 Å². The lowest BCUT2D eigenvalue weighted by Gasteiger charge is -2.45. The average Bonchev–Trinajstić information content (AvgIpc) is 2.93.